The van der Waals surface area contributed by atoms with E-state index in [1.807, 2.05) is 56.3 Å². The van der Waals surface area contributed by atoms with E-state index in [-0.39, 0.29) is 11.9 Å². The summed E-state index contributed by atoms with van der Waals surface area (Å²) in [6.45, 7) is 3.75. The van der Waals surface area contributed by atoms with Crippen LogP contribution in [0.25, 0.3) is 5.69 Å². The molecule has 6 heteroatoms. The van der Waals surface area contributed by atoms with E-state index in [4.69, 9.17) is 16.6 Å². The summed E-state index contributed by atoms with van der Waals surface area (Å²) in [7, 11) is 0. The molecule has 0 saturated heterocycles. The molecule has 118 valence electrons. The van der Waals surface area contributed by atoms with E-state index in [1.54, 1.807) is 10.8 Å². The molecule has 0 fully saturated rings. The molecule has 1 aromatic carbocycles. The van der Waals surface area contributed by atoms with Crippen LogP contribution in [0.4, 0.5) is 0 Å². The number of hydrogen-bond acceptors (Lipinski definition) is 3. The van der Waals surface area contributed by atoms with Gasteiger partial charge in [-0.1, -0.05) is 18.2 Å². The Morgan fingerprint density at radius 1 is 1.26 bits per heavy atom. The van der Waals surface area contributed by atoms with Gasteiger partial charge in [0, 0.05) is 11.9 Å². The maximum absolute atomic E-state index is 12.6. The summed E-state index contributed by atoms with van der Waals surface area (Å²) in [5, 5.41) is 2.93. The maximum Gasteiger partial charge on any atom is 0.270 e. The van der Waals surface area contributed by atoms with Crippen molar-refractivity contribution in [3.63, 3.8) is 0 Å². The summed E-state index contributed by atoms with van der Waals surface area (Å²) < 4.78 is 7.74. The van der Waals surface area contributed by atoms with Gasteiger partial charge in [-0.2, -0.15) is 0 Å². The number of aromatic amines is 1. The molecule has 3 rings (SSSR count). The fourth-order valence-electron chi connectivity index (χ4n) is 2.40. The van der Waals surface area contributed by atoms with E-state index in [9.17, 15) is 4.79 Å². The molecule has 2 heterocycles. The van der Waals surface area contributed by atoms with Crippen LogP contribution >= 0.6 is 12.2 Å². The van der Waals surface area contributed by atoms with E-state index in [2.05, 4.69) is 10.3 Å². The molecule has 0 saturated carbocycles. The smallest absolute Gasteiger partial charge is 0.270 e. The van der Waals surface area contributed by atoms with Crippen LogP contribution in [0.5, 0.6) is 0 Å². The van der Waals surface area contributed by atoms with Gasteiger partial charge in [-0.05, 0) is 50.3 Å². The topological polar surface area (TPSA) is 63.0 Å². The van der Waals surface area contributed by atoms with Crippen molar-refractivity contribution in [2.75, 3.05) is 0 Å². The number of carbonyl (C=O) groups excluding carboxylic acids is 1. The Morgan fingerprint density at radius 3 is 2.65 bits per heavy atom. The highest BCUT2D eigenvalue weighted by Crippen LogP contribution is 2.17. The van der Waals surface area contributed by atoms with Gasteiger partial charge < -0.3 is 14.7 Å². The highest BCUT2D eigenvalue weighted by molar-refractivity contribution is 7.71. The molecule has 23 heavy (non-hydrogen) atoms. The van der Waals surface area contributed by atoms with Gasteiger partial charge >= 0.3 is 0 Å². The molecule has 0 aliphatic heterocycles. The largest absolute Gasteiger partial charge is 0.464 e. The number of rotatable bonds is 4. The molecule has 1 unspecified atom stereocenters. The van der Waals surface area contributed by atoms with Crippen molar-refractivity contribution >= 4 is 18.1 Å². The van der Waals surface area contributed by atoms with Gasteiger partial charge in [0.15, 0.2) is 4.77 Å². The Labute approximate surface area is 139 Å². The van der Waals surface area contributed by atoms with E-state index in [1.165, 1.54) is 0 Å². The van der Waals surface area contributed by atoms with Crippen LogP contribution in [0, 0.1) is 11.7 Å². The summed E-state index contributed by atoms with van der Waals surface area (Å²) in [5.74, 6) is 1.31. The first-order chi connectivity index (χ1) is 11.1. The maximum atomic E-state index is 12.6. The van der Waals surface area contributed by atoms with Crippen LogP contribution in [0.2, 0.25) is 0 Å². The van der Waals surface area contributed by atoms with Crippen molar-refractivity contribution in [2.24, 2.45) is 0 Å². The number of aryl methyl sites for hydroxylation is 1. The molecule has 2 aromatic heterocycles. The summed E-state index contributed by atoms with van der Waals surface area (Å²) in [6, 6.07) is 13.0. The van der Waals surface area contributed by atoms with Crippen LogP contribution in [0.1, 0.15) is 35.0 Å². The van der Waals surface area contributed by atoms with Crippen LogP contribution in [0.15, 0.2) is 53.1 Å². The van der Waals surface area contributed by atoms with E-state index in [0.717, 1.165) is 17.2 Å². The molecule has 5 nitrogen and oxygen atoms in total. The number of nitrogens with zero attached hydrogens (tertiary/aromatic N) is 1. The molecule has 1 amide bonds. The van der Waals surface area contributed by atoms with Gasteiger partial charge in [0.05, 0.1) is 6.04 Å². The summed E-state index contributed by atoms with van der Waals surface area (Å²) in [6.07, 6.45) is 1.62. The quantitative estimate of drug-likeness (QED) is 0.714. The molecular formula is C17H17N3O2S. The number of benzene rings is 1. The predicted molar refractivity (Wildman–Crippen MR) is 90.3 cm³/mol. The van der Waals surface area contributed by atoms with E-state index < -0.39 is 0 Å². The highest BCUT2D eigenvalue weighted by Gasteiger charge is 2.18. The predicted octanol–water partition coefficient (Wildman–Crippen LogP) is 3.93. The lowest BCUT2D eigenvalue weighted by atomic mass is 10.2. The average Bonchev–Trinajstić information content (AvgIpc) is 3.14. The van der Waals surface area contributed by atoms with Gasteiger partial charge in [-0.25, -0.2) is 0 Å². The Balaban J connectivity index is 1.88. The standard InChI is InChI=1S/C17H17N3O2S/c1-11-8-9-15(22-11)12(2)19-16(21)14-10-18-17(23)20(14)13-6-4-3-5-7-13/h3-10,12H,1-2H3,(H,18,23)(H,19,21). The summed E-state index contributed by atoms with van der Waals surface area (Å²) in [5.41, 5.74) is 1.29. The normalized spacial score (nSPS) is 12.1. The fourth-order valence-corrected chi connectivity index (χ4v) is 2.66. The molecule has 0 aliphatic rings. The van der Waals surface area contributed by atoms with Crippen molar-refractivity contribution in [2.45, 2.75) is 19.9 Å². The van der Waals surface area contributed by atoms with Crippen LogP contribution in [-0.4, -0.2) is 15.5 Å². The second-order valence-corrected chi connectivity index (χ2v) is 5.68. The van der Waals surface area contributed by atoms with Crippen molar-refractivity contribution < 1.29 is 9.21 Å². The summed E-state index contributed by atoms with van der Waals surface area (Å²) >= 11 is 5.29. The number of furan rings is 1. The third kappa shape index (κ3) is 3.12. The van der Waals surface area contributed by atoms with Crippen LogP contribution < -0.4 is 5.32 Å². The van der Waals surface area contributed by atoms with Crippen molar-refractivity contribution in [3.05, 3.63) is 70.6 Å². The number of H-pyrrole nitrogens is 1. The number of hydrogen-bond donors (Lipinski definition) is 2. The lowest BCUT2D eigenvalue weighted by molar-refractivity contribution is 0.0928. The summed E-state index contributed by atoms with van der Waals surface area (Å²) in [4.78, 5) is 15.5. The number of amides is 1. The third-order valence-electron chi connectivity index (χ3n) is 3.56. The Bertz CT molecular complexity index is 877. The van der Waals surface area contributed by atoms with Gasteiger partial charge in [0.25, 0.3) is 5.91 Å². The molecule has 1 atom stereocenters. The zero-order valence-corrected chi connectivity index (χ0v) is 13.7. The van der Waals surface area contributed by atoms with Gasteiger partial charge in [0.1, 0.15) is 17.2 Å². The Morgan fingerprint density at radius 2 is 2.00 bits per heavy atom. The van der Waals surface area contributed by atoms with Crippen LogP contribution in [-0.2, 0) is 0 Å². The van der Waals surface area contributed by atoms with Crippen molar-refractivity contribution in [1.82, 2.24) is 14.9 Å². The third-order valence-corrected chi connectivity index (χ3v) is 3.86. The number of nitrogens with one attached hydrogen (secondary N) is 2. The molecule has 0 bridgehead atoms. The lowest BCUT2D eigenvalue weighted by Crippen LogP contribution is -2.28. The molecule has 2 N–H and O–H groups in total. The molecular weight excluding hydrogens is 310 g/mol. The zero-order valence-electron chi connectivity index (χ0n) is 12.9. The minimum Gasteiger partial charge on any atom is -0.464 e. The first-order valence-electron chi connectivity index (χ1n) is 7.29. The highest BCUT2D eigenvalue weighted by atomic mass is 32.1. The van der Waals surface area contributed by atoms with Crippen LogP contribution in [0.3, 0.4) is 0 Å². The minimum absolute atomic E-state index is 0.220. The van der Waals surface area contributed by atoms with Crippen molar-refractivity contribution in [1.29, 1.82) is 0 Å². The molecule has 3 aromatic rings. The second kappa shape index (κ2) is 6.26. The molecule has 0 aliphatic carbocycles. The van der Waals surface area contributed by atoms with Crippen molar-refractivity contribution in [3.8, 4) is 5.69 Å². The first-order valence-corrected chi connectivity index (χ1v) is 7.70. The lowest BCUT2D eigenvalue weighted by Gasteiger charge is -2.13. The van der Waals surface area contributed by atoms with Gasteiger partial charge in [-0.15, -0.1) is 0 Å². The number of aromatic nitrogens is 2. The molecule has 0 spiro atoms. The second-order valence-electron chi connectivity index (χ2n) is 5.29. The SMILES string of the molecule is Cc1ccc(C(C)NC(=O)c2c[nH]c(=S)n2-c2ccccc2)o1. The van der Waals surface area contributed by atoms with E-state index >= 15 is 0 Å². The van der Waals surface area contributed by atoms with E-state index in [0.29, 0.717) is 10.5 Å². The Kier molecular flexibility index (Phi) is 4.16. The first kappa shape index (κ1) is 15.3. The number of carbonyl (C=O) groups is 1. The van der Waals surface area contributed by atoms with Gasteiger partial charge in [-0.3, -0.25) is 9.36 Å². The fraction of sp³-hybridized carbons (Fsp3) is 0.176. The molecule has 0 radical (unpaired) electrons. The number of para-hydroxylation sites is 1. The average molecular weight is 327 g/mol. The Hall–Kier alpha value is -2.60. The monoisotopic (exact) mass is 327 g/mol. The minimum atomic E-state index is -0.233. The number of imidazole rings is 1. The zero-order chi connectivity index (χ0) is 16.4. The van der Waals surface area contributed by atoms with Gasteiger partial charge in [0.2, 0.25) is 0 Å².